The highest BCUT2D eigenvalue weighted by Crippen LogP contribution is 2.28. The maximum absolute atomic E-state index is 13.8. The summed E-state index contributed by atoms with van der Waals surface area (Å²) >= 11 is 0. The Morgan fingerprint density at radius 2 is 1.62 bits per heavy atom. The number of nitrogens with zero attached hydrogens (tertiary/aromatic N) is 1. The Morgan fingerprint density at radius 1 is 1.00 bits per heavy atom. The molecule has 8 heteroatoms. The number of sulfonamides is 1. The lowest BCUT2D eigenvalue weighted by atomic mass is 10.1. The van der Waals surface area contributed by atoms with E-state index >= 15 is 0 Å². The molecule has 2 aromatic carbocycles. The van der Waals surface area contributed by atoms with Crippen LogP contribution in [-0.2, 0) is 16.6 Å². The molecule has 0 radical (unpaired) electrons. The fourth-order valence-electron chi connectivity index (χ4n) is 3.78. The van der Waals surface area contributed by atoms with Crippen molar-refractivity contribution in [1.29, 1.82) is 0 Å². The molecular formula is C21H23F3N2O2S. The van der Waals surface area contributed by atoms with Crippen LogP contribution in [0.3, 0.4) is 0 Å². The van der Waals surface area contributed by atoms with Crippen LogP contribution in [-0.4, -0.2) is 25.2 Å². The van der Waals surface area contributed by atoms with Crippen molar-refractivity contribution in [3.63, 3.8) is 0 Å². The molecule has 0 amide bonds. The third kappa shape index (κ3) is 4.33. The van der Waals surface area contributed by atoms with Gasteiger partial charge < -0.3 is 4.57 Å². The van der Waals surface area contributed by atoms with E-state index in [1.807, 2.05) is 24.6 Å². The Bertz CT molecular complexity index is 1140. The van der Waals surface area contributed by atoms with Crippen molar-refractivity contribution in [2.45, 2.75) is 51.4 Å². The normalized spacial score (nSPS) is 13.8. The Hall–Kier alpha value is -2.32. The van der Waals surface area contributed by atoms with Gasteiger partial charge in [0.15, 0.2) is 0 Å². The summed E-state index contributed by atoms with van der Waals surface area (Å²) < 4.78 is 70.3. The highest BCUT2D eigenvalue weighted by Gasteiger charge is 2.43. The van der Waals surface area contributed by atoms with E-state index < -0.39 is 28.8 Å². The van der Waals surface area contributed by atoms with E-state index in [4.69, 9.17) is 0 Å². The highest BCUT2D eigenvalue weighted by atomic mass is 32.2. The van der Waals surface area contributed by atoms with Crippen LogP contribution in [0.2, 0.25) is 0 Å². The van der Waals surface area contributed by atoms with Crippen LogP contribution in [0, 0.1) is 27.7 Å². The van der Waals surface area contributed by atoms with Gasteiger partial charge in [-0.3, -0.25) is 0 Å². The monoisotopic (exact) mass is 424 g/mol. The predicted molar refractivity (Wildman–Crippen MR) is 107 cm³/mol. The van der Waals surface area contributed by atoms with Crippen LogP contribution in [0.4, 0.5) is 13.2 Å². The molecule has 1 aromatic heterocycles. The minimum atomic E-state index is -4.75. The number of rotatable bonds is 5. The third-order valence-electron chi connectivity index (χ3n) is 4.98. The Balaban J connectivity index is 1.99. The first-order valence-corrected chi connectivity index (χ1v) is 10.6. The standard InChI is InChI=1S/C21H23F3N2O2S/c1-13-10-15(3)20(16(4)11-13)29(27,28)25-19(21(22,23)24)12-26-9-8-17-14(2)6-5-7-18(17)26/h5-11,19,25H,12H2,1-4H3. The van der Waals surface area contributed by atoms with Crippen molar-refractivity contribution in [1.82, 2.24) is 9.29 Å². The van der Waals surface area contributed by atoms with E-state index in [0.29, 0.717) is 16.6 Å². The van der Waals surface area contributed by atoms with Crippen molar-refractivity contribution in [3.8, 4) is 0 Å². The number of aryl methyl sites for hydroxylation is 4. The molecule has 0 aliphatic carbocycles. The SMILES string of the molecule is Cc1cc(C)c(S(=O)(=O)NC(Cn2ccc3c(C)cccc32)C(F)(F)F)c(C)c1. The first-order valence-electron chi connectivity index (χ1n) is 9.11. The van der Waals surface area contributed by atoms with Crippen molar-refractivity contribution in [2.75, 3.05) is 0 Å². The number of aromatic nitrogens is 1. The van der Waals surface area contributed by atoms with E-state index in [2.05, 4.69) is 0 Å². The van der Waals surface area contributed by atoms with Gasteiger partial charge in [0.25, 0.3) is 0 Å². The summed E-state index contributed by atoms with van der Waals surface area (Å²) in [6.45, 7) is 6.29. The number of fused-ring (bicyclic) bond motifs is 1. The second-order valence-corrected chi connectivity index (χ2v) is 9.07. The highest BCUT2D eigenvalue weighted by molar-refractivity contribution is 7.89. The van der Waals surface area contributed by atoms with Crippen LogP contribution in [0.5, 0.6) is 0 Å². The van der Waals surface area contributed by atoms with Crippen molar-refractivity contribution in [2.24, 2.45) is 0 Å². The second-order valence-electron chi connectivity index (χ2n) is 7.42. The van der Waals surface area contributed by atoms with Gasteiger partial charge in [-0.15, -0.1) is 0 Å². The van der Waals surface area contributed by atoms with Crippen LogP contribution in [0.25, 0.3) is 10.9 Å². The van der Waals surface area contributed by atoms with Crippen LogP contribution in [0.1, 0.15) is 22.3 Å². The molecule has 0 spiro atoms. The van der Waals surface area contributed by atoms with E-state index in [1.165, 1.54) is 4.57 Å². The lowest BCUT2D eigenvalue weighted by Gasteiger charge is -2.24. The second kappa shape index (κ2) is 7.50. The fraction of sp³-hybridized carbons (Fsp3) is 0.333. The van der Waals surface area contributed by atoms with Crippen molar-refractivity contribution in [3.05, 3.63) is 64.8 Å². The van der Waals surface area contributed by atoms with Gasteiger partial charge in [-0.1, -0.05) is 29.8 Å². The topological polar surface area (TPSA) is 51.1 Å². The minimum absolute atomic E-state index is 0.106. The third-order valence-corrected chi connectivity index (χ3v) is 6.75. The van der Waals surface area contributed by atoms with Crippen LogP contribution >= 0.6 is 0 Å². The average Bonchev–Trinajstić information content (AvgIpc) is 2.96. The fourth-order valence-corrected chi connectivity index (χ4v) is 5.44. The molecule has 29 heavy (non-hydrogen) atoms. The lowest BCUT2D eigenvalue weighted by Crippen LogP contribution is -2.48. The summed E-state index contributed by atoms with van der Waals surface area (Å²) in [5, 5.41) is 0.835. The number of nitrogens with one attached hydrogen (secondary N) is 1. The predicted octanol–water partition coefficient (Wildman–Crippen LogP) is 4.78. The largest absolute Gasteiger partial charge is 0.406 e. The van der Waals surface area contributed by atoms with Crippen LogP contribution < -0.4 is 4.72 Å². The zero-order valence-electron chi connectivity index (χ0n) is 16.6. The summed E-state index contributed by atoms with van der Waals surface area (Å²) in [6.07, 6.45) is -3.20. The summed E-state index contributed by atoms with van der Waals surface area (Å²) in [7, 11) is -4.37. The molecule has 1 atom stereocenters. The molecule has 0 aliphatic heterocycles. The van der Waals surface area contributed by atoms with Crippen molar-refractivity contribution < 1.29 is 21.6 Å². The number of halogens is 3. The molecule has 3 rings (SSSR count). The molecule has 0 aliphatic rings. The number of hydrogen-bond donors (Lipinski definition) is 1. The Labute approximate surface area is 168 Å². The average molecular weight is 424 g/mol. The summed E-state index contributed by atoms with van der Waals surface area (Å²) in [5.41, 5.74) is 3.24. The van der Waals surface area contributed by atoms with Gasteiger partial charge in [0, 0.05) is 23.6 Å². The van der Waals surface area contributed by atoms with Gasteiger partial charge in [-0.2, -0.15) is 17.9 Å². The van der Waals surface area contributed by atoms with Gasteiger partial charge in [-0.25, -0.2) is 8.42 Å². The summed E-state index contributed by atoms with van der Waals surface area (Å²) in [4.78, 5) is -0.106. The molecule has 1 heterocycles. The molecular weight excluding hydrogens is 401 g/mol. The van der Waals surface area contributed by atoms with E-state index in [9.17, 15) is 21.6 Å². The van der Waals surface area contributed by atoms with Gasteiger partial charge in [0.2, 0.25) is 10.0 Å². The number of alkyl halides is 3. The maximum atomic E-state index is 13.8. The van der Waals surface area contributed by atoms with Crippen LogP contribution in [0.15, 0.2) is 47.5 Å². The molecule has 1 unspecified atom stereocenters. The molecule has 0 fully saturated rings. The van der Waals surface area contributed by atoms with E-state index in [1.54, 1.807) is 50.4 Å². The van der Waals surface area contributed by atoms with Gasteiger partial charge in [0.05, 0.1) is 4.90 Å². The zero-order valence-corrected chi connectivity index (χ0v) is 17.4. The Kier molecular flexibility index (Phi) is 5.53. The molecule has 0 bridgehead atoms. The number of hydrogen-bond acceptors (Lipinski definition) is 2. The first kappa shape index (κ1) is 21.4. The molecule has 3 aromatic rings. The molecule has 1 N–H and O–H groups in total. The maximum Gasteiger partial charge on any atom is 0.406 e. The quantitative estimate of drug-likeness (QED) is 0.641. The molecule has 156 valence electrons. The smallest absolute Gasteiger partial charge is 0.346 e. The summed E-state index contributed by atoms with van der Waals surface area (Å²) in [6, 6.07) is 8.13. The van der Waals surface area contributed by atoms with E-state index in [0.717, 1.165) is 16.5 Å². The summed E-state index contributed by atoms with van der Waals surface area (Å²) in [5.74, 6) is 0. The Morgan fingerprint density at radius 3 is 2.21 bits per heavy atom. The lowest BCUT2D eigenvalue weighted by molar-refractivity contribution is -0.154. The minimum Gasteiger partial charge on any atom is -0.346 e. The van der Waals surface area contributed by atoms with Gasteiger partial charge in [0.1, 0.15) is 6.04 Å². The molecule has 0 saturated heterocycles. The van der Waals surface area contributed by atoms with Gasteiger partial charge in [-0.05, 0) is 56.5 Å². The molecule has 0 saturated carbocycles. The van der Waals surface area contributed by atoms with E-state index in [-0.39, 0.29) is 4.90 Å². The number of benzene rings is 2. The zero-order chi connectivity index (χ0) is 21.6. The first-order chi connectivity index (χ1) is 13.4. The van der Waals surface area contributed by atoms with Gasteiger partial charge >= 0.3 is 6.18 Å². The molecule has 4 nitrogen and oxygen atoms in total. The van der Waals surface area contributed by atoms with Crippen molar-refractivity contribution >= 4 is 20.9 Å².